The van der Waals surface area contributed by atoms with Gasteiger partial charge in [0.15, 0.2) is 0 Å². The minimum absolute atomic E-state index is 0.0287. The molecule has 0 saturated heterocycles. The van der Waals surface area contributed by atoms with E-state index in [1.54, 1.807) is 24.3 Å². The number of alkyl halides is 3. The van der Waals surface area contributed by atoms with Gasteiger partial charge in [-0.3, -0.25) is 4.72 Å². The van der Waals surface area contributed by atoms with Crippen molar-refractivity contribution in [2.24, 2.45) is 0 Å². The zero-order valence-corrected chi connectivity index (χ0v) is 17.0. The van der Waals surface area contributed by atoms with Crippen molar-refractivity contribution in [3.63, 3.8) is 0 Å². The monoisotopic (exact) mass is 457 g/mol. The molecule has 30 heavy (non-hydrogen) atoms. The third kappa shape index (κ3) is 4.82. The summed E-state index contributed by atoms with van der Waals surface area (Å²) in [4.78, 5) is 7.49. The summed E-state index contributed by atoms with van der Waals surface area (Å²) in [5.74, 6) is 0.481. The van der Waals surface area contributed by atoms with Gasteiger partial charge in [0.1, 0.15) is 23.0 Å². The number of anilines is 1. The van der Waals surface area contributed by atoms with Crippen LogP contribution in [-0.4, -0.2) is 25.5 Å². The van der Waals surface area contributed by atoms with E-state index in [1.165, 1.54) is 7.11 Å². The molecule has 0 amide bonds. The summed E-state index contributed by atoms with van der Waals surface area (Å²) in [5, 5.41) is 0.0287. The molecule has 0 fully saturated rings. The highest BCUT2D eigenvalue weighted by atomic mass is 35.5. The highest BCUT2D eigenvalue weighted by Gasteiger charge is 2.31. The van der Waals surface area contributed by atoms with Gasteiger partial charge in [0.2, 0.25) is 0 Å². The summed E-state index contributed by atoms with van der Waals surface area (Å²) in [6.45, 7) is 0. The molecule has 1 N–H and O–H groups in total. The summed E-state index contributed by atoms with van der Waals surface area (Å²) in [5.41, 5.74) is 0.0502. The molecule has 0 spiro atoms. The Balaban J connectivity index is 1.94. The number of benzene rings is 2. The minimum Gasteiger partial charge on any atom is -0.496 e. The van der Waals surface area contributed by atoms with Gasteiger partial charge in [0.05, 0.1) is 17.6 Å². The summed E-state index contributed by atoms with van der Waals surface area (Å²) < 4.78 is 71.1. The first-order valence-electron chi connectivity index (χ1n) is 8.43. The molecule has 0 aliphatic heterocycles. The average molecular weight is 458 g/mol. The number of methoxy groups -OCH3 is 1. The summed E-state index contributed by atoms with van der Waals surface area (Å²) >= 11 is 6.17. The number of aromatic nitrogens is 2. The SMILES string of the molecule is COc1ccccc1Cc1c(Cl)ncnc1NS(=O)(=O)c1ccc(C(F)(F)F)cc1. The highest BCUT2D eigenvalue weighted by molar-refractivity contribution is 7.92. The number of para-hydroxylation sites is 1. The number of nitrogens with one attached hydrogen (secondary N) is 1. The molecule has 0 radical (unpaired) electrons. The van der Waals surface area contributed by atoms with Crippen LogP contribution < -0.4 is 9.46 Å². The molecule has 6 nitrogen and oxygen atoms in total. The van der Waals surface area contributed by atoms with Gasteiger partial charge in [-0.1, -0.05) is 29.8 Å². The number of halogens is 4. The molecular weight excluding hydrogens is 443 g/mol. The lowest BCUT2D eigenvalue weighted by Crippen LogP contribution is -2.16. The topological polar surface area (TPSA) is 81.2 Å². The van der Waals surface area contributed by atoms with Crippen LogP contribution in [0.25, 0.3) is 0 Å². The van der Waals surface area contributed by atoms with Crippen LogP contribution >= 0.6 is 11.6 Å². The third-order valence-electron chi connectivity index (χ3n) is 4.18. The third-order valence-corrected chi connectivity index (χ3v) is 5.86. The Kier molecular flexibility index (Phi) is 6.18. The Morgan fingerprint density at radius 1 is 1.07 bits per heavy atom. The zero-order chi connectivity index (χ0) is 21.9. The fourth-order valence-electron chi connectivity index (χ4n) is 2.68. The maximum atomic E-state index is 12.7. The van der Waals surface area contributed by atoms with Crippen molar-refractivity contribution in [3.8, 4) is 5.75 Å². The molecule has 0 unspecified atom stereocenters. The van der Waals surface area contributed by atoms with Crippen LogP contribution in [0.4, 0.5) is 19.0 Å². The Morgan fingerprint density at radius 2 is 1.73 bits per heavy atom. The van der Waals surface area contributed by atoms with Crippen molar-refractivity contribution in [3.05, 3.63) is 76.7 Å². The standard InChI is InChI=1S/C19H15ClF3N3O3S/c1-29-16-5-3-2-4-12(16)10-15-17(20)24-11-25-18(15)26-30(27,28)14-8-6-13(7-9-14)19(21,22)23/h2-9,11H,10H2,1H3,(H,24,25,26). The van der Waals surface area contributed by atoms with E-state index in [0.29, 0.717) is 29.0 Å². The van der Waals surface area contributed by atoms with Crippen molar-refractivity contribution >= 4 is 27.4 Å². The Labute approximate surface area is 175 Å². The molecule has 0 aliphatic rings. The molecule has 0 bridgehead atoms. The number of rotatable bonds is 6. The van der Waals surface area contributed by atoms with Gasteiger partial charge in [-0.25, -0.2) is 18.4 Å². The maximum absolute atomic E-state index is 12.7. The van der Waals surface area contributed by atoms with Crippen LogP contribution in [-0.2, 0) is 22.6 Å². The van der Waals surface area contributed by atoms with Crippen molar-refractivity contribution in [2.45, 2.75) is 17.5 Å². The number of sulfonamides is 1. The van der Waals surface area contributed by atoms with E-state index >= 15 is 0 Å². The minimum atomic E-state index is -4.57. The van der Waals surface area contributed by atoms with Gasteiger partial charge in [-0.05, 0) is 35.9 Å². The van der Waals surface area contributed by atoms with Crippen LogP contribution in [0.2, 0.25) is 5.15 Å². The normalized spacial score (nSPS) is 11.9. The number of ether oxygens (including phenoxy) is 1. The van der Waals surface area contributed by atoms with E-state index in [2.05, 4.69) is 14.7 Å². The summed E-state index contributed by atoms with van der Waals surface area (Å²) in [7, 11) is -2.72. The van der Waals surface area contributed by atoms with Crippen LogP contribution in [0.1, 0.15) is 16.7 Å². The van der Waals surface area contributed by atoms with E-state index in [9.17, 15) is 21.6 Å². The van der Waals surface area contributed by atoms with E-state index in [-0.39, 0.29) is 22.3 Å². The predicted molar refractivity (Wildman–Crippen MR) is 105 cm³/mol. The first-order valence-corrected chi connectivity index (χ1v) is 10.3. The smallest absolute Gasteiger partial charge is 0.416 e. The molecule has 3 rings (SSSR count). The van der Waals surface area contributed by atoms with Crippen molar-refractivity contribution in [1.29, 1.82) is 0 Å². The second kappa shape index (κ2) is 8.49. The number of nitrogens with zero attached hydrogens (tertiary/aromatic N) is 2. The molecule has 2 aromatic carbocycles. The van der Waals surface area contributed by atoms with E-state index < -0.39 is 21.8 Å². The summed E-state index contributed by atoms with van der Waals surface area (Å²) in [6.07, 6.45) is -3.33. The first-order chi connectivity index (χ1) is 14.1. The highest BCUT2D eigenvalue weighted by Crippen LogP contribution is 2.31. The molecule has 0 atom stereocenters. The molecular formula is C19H15ClF3N3O3S. The maximum Gasteiger partial charge on any atom is 0.416 e. The lowest BCUT2D eigenvalue weighted by Gasteiger charge is -2.14. The molecule has 1 aromatic heterocycles. The van der Waals surface area contributed by atoms with Crippen molar-refractivity contribution in [1.82, 2.24) is 9.97 Å². The largest absolute Gasteiger partial charge is 0.496 e. The summed E-state index contributed by atoms with van der Waals surface area (Å²) in [6, 6.07) is 10.2. The van der Waals surface area contributed by atoms with Gasteiger partial charge in [-0.2, -0.15) is 13.2 Å². The van der Waals surface area contributed by atoms with Crippen molar-refractivity contribution < 1.29 is 26.3 Å². The predicted octanol–water partition coefficient (Wildman–Crippen LogP) is 4.55. The second-order valence-corrected chi connectivity index (χ2v) is 8.15. The first kappa shape index (κ1) is 21.8. The molecule has 11 heteroatoms. The molecule has 158 valence electrons. The average Bonchev–Trinajstić information content (AvgIpc) is 2.70. The van der Waals surface area contributed by atoms with Crippen molar-refractivity contribution in [2.75, 3.05) is 11.8 Å². The van der Waals surface area contributed by atoms with E-state index in [1.807, 2.05) is 0 Å². The fraction of sp³-hybridized carbons (Fsp3) is 0.158. The van der Waals surface area contributed by atoms with Gasteiger partial charge in [0, 0.05) is 12.0 Å². The number of hydrogen-bond acceptors (Lipinski definition) is 5. The Bertz CT molecular complexity index is 1150. The fourth-order valence-corrected chi connectivity index (χ4v) is 3.93. The van der Waals surface area contributed by atoms with Gasteiger partial charge >= 0.3 is 6.18 Å². The Hall–Kier alpha value is -2.85. The lowest BCUT2D eigenvalue weighted by molar-refractivity contribution is -0.137. The zero-order valence-electron chi connectivity index (χ0n) is 15.4. The lowest BCUT2D eigenvalue weighted by atomic mass is 10.1. The number of hydrogen-bond donors (Lipinski definition) is 1. The van der Waals surface area contributed by atoms with E-state index in [0.717, 1.165) is 18.5 Å². The molecule has 0 aliphatic carbocycles. The quantitative estimate of drug-likeness (QED) is 0.549. The van der Waals surface area contributed by atoms with Crippen LogP contribution in [0.15, 0.2) is 59.8 Å². The van der Waals surface area contributed by atoms with Gasteiger partial charge < -0.3 is 4.74 Å². The Morgan fingerprint density at radius 3 is 2.37 bits per heavy atom. The second-order valence-electron chi connectivity index (χ2n) is 6.11. The van der Waals surface area contributed by atoms with Crippen LogP contribution in [0.3, 0.4) is 0 Å². The molecule has 3 aromatic rings. The van der Waals surface area contributed by atoms with Crippen LogP contribution in [0.5, 0.6) is 5.75 Å². The van der Waals surface area contributed by atoms with Gasteiger partial charge in [-0.15, -0.1) is 0 Å². The van der Waals surface area contributed by atoms with Crippen LogP contribution in [0, 0.1) is 0 Å². The molecule has 0 saturated carbocycles. The van der Waals surface area contributed by atoms with Gasteiger partial charge in [0.25, 0.3) is 10.0 Å². The van der Waals surface area contributed by atoms with E-state index in [4.69, 9.17) is 16.3 Å². The molecule has 1 heterocycles.